The summed E-state index contributed by atoms with van der Waals surface area (Å²) < 4.78 is 28.9. The van der Waals surface area contributed by atoms with Gasteiger partial charge in [0.15, 0.2) is 0 Å². The largest absolute Gasteiger partial charge is 0.507 e. The van der Waals surface area contributed by atoms with Crippen molar-refractivity contribution < 1.29 is 23.4 Å². The topological polar surface area (TPSA) is 58.6 Å². The number of anilines is 1. The number of nitrogens with one attached hydrogen (secondary N) is 1. The molecule has 0 atom stereocenters. The Morgan fingerprint density at radius 2 is 1.86 bits per heavy atom. The fourth-order valence-corrected chi connectivity index (χ4v) is 1.96. The van der Waals surface area contributed by atoms with Crippen molar-refractivity contribution in [2.75, 3.05) is 5.32 Å². The number of amides is 1. The summed E-state index contributed by atoms with van der Waals surface area (Å²) in [5, 5.41) is 12.2. The van der Waals surface area contributed by atoms with Crippen LogP contribution in [0.3, 0.4) is 0 Å². The zero-order chi connectivity index (χ0) is 15.4. The first-order chi connectivity index (χ1) is 9.95. The monoisotopic (exact) mass is 357 g/mol. The van der Waals surface area contributed by atoms with Gasteiger partial charge in [-0.25, -0.2) is 0 Å². The van der Waals surface area contributed by atoms with Crippen LogP contribution in [0.25, 0.3) is 0 Å². The maximum Gasteiger partial charge on any atom is 0.387 e. The van der Waals surface area contributed by atoms with Crippen molar-refractivity contribution in [2.45, 2.75) is 6.61 Å². The minimum absolute atomic E-state index is 0.00510. The second kappa shape index (κ2) is 6.53. The van der Waals surface area contributed by atoms with Crippen molar-refractivity contribution in [3.8, 4) is 11.5 Å². The van der Waals surface area contributed by atoms with Gasteiger partial charge < -0.3 is 15.2 Å². The fourth-order valence-electron chi connectivity index (χ4n) is 1.61. The van der Waals surface area contributed by atoms with E-state index < -0.39 is 12.5 Å². The Bertz CT molecular complexity index is 647. The van der Waals surface area contributed by atoms with E-state index in [1.807, 2.05) is 0 Å². The lowest BCUT2D eigenvalue weighted by Crippen LogP contribution is -2.12. The summed E-state index contributed by atoms with van der Waals surface area (Å²) in [4.78, 5) is 12.0. The van der Waals surface area contributed by atoms with Gasteiger partial charge in [-0.1, -0.05) is 15.9 Å². The lowest BCUT2D eigenvalue weighted by molar-refractivity contribution is -0.0498. The number of aromatic hydroxyl groups is 1. The van der Waals surface area contributed by atoms with Crippen LogP contribution in [0.5, 0.6) is 11.5 Å². The van der Waals surface area contributed by atoms with Gasteiger partial charge in [0.2, 0.25) is 0 Å². The van der Waals surface area contributed by atoms with Crippen LogP contribution in [-0.4, -0.2) is 17.6 Å². The highest BCUT2D eigenvalue weighted by Gasteiger charge is 2.12. The van der Waals surface area contributed by atoms with E-state index in [9.17, 15) is 18.7 Å². The predicted molar refractivity (Wildman–Crippen MR) is 76.8 cm³/mol. The van der Waals surface area contributed by atoms with Crippen molar-refractivity contribution in [1.82, 2.24) is 0 Å². The highest BCUT2D eigenvalue weighted by molar-refractivity contribution is 9.10. The summed E-state index contributed by atoms with van der Waals surface area (Å²) in [5.74, 6) is -0.684. The average molecular weight is 358 g/mol. The third-order valence-corrected chi connectivity index (χ3v) is 3.04. The Hall–Kier alpha value is -2.15. The van der Waals surface area contributed by atoms with Gasteiger partial charge in [-0.3, -0.25) is 4.79 Å². The third-order valence-electron chi connectivity index (χ3n) is 2.54. The van der Waals surface area contributed by atoms with Crippen molar-refractivity contribution in [2.24, 2.45) is 0 Å². The summed E-state index contributed by atoms with van der Waals surface area (Å²) in [6.45, 7) is -2.90. The third kappa shape index (κ3) is 4.16. The minimum atomic E-state index is -2.90. The smallest absolute Gasteiger partial charge is 0.387 e. The lowest BCUT2D eigenvalue weighted by Gasteiger charge is -2.08. The first-order valence-corrected chi connectivity index (χ1v) is 6.60. The Morgan fingerprint density at radius 3 is 2.43 bits per heavy atom. The number of alkyl halides is 2. The number of halogens is 3. The molecule has 0 aromatic heterocycles. The fraction of sp³-hybridized carbons (Fsp3) is 0.0714. The van der Waals surface area contributed by atoms with E-state index in [2.05, 4.69) is 26.0 Å². The van der Waals surface area contributed by atoms with Gasteiger partial charge in [0, 0.05) is 10.2 Å². The zero-order valence-corrected chi connectivity index (χ0v) is 12.1. The number of hydrogen-bond donors (Lipinski definition) is 2. The normalized spacial score (nSPS) is 10.5. The van der Waals surface area contributed by atoms with E-state index in [-0.39, 0.29) is 17.1 Å². The minimum Gasteiger partial charge on any atom is -0.507 e. The van der Waals surface area contributed by atoms with E-state index in [4.69, 9.17) is 0 Å². The molecule has 0 saturated heterocycles. The maximum absolute atomic E-state index is 12.0. The van der Waals surface area contributed by atoms with Gasteiger partial charge in [-0.2, -0.15) is 8.78 Å². The molecular formula is C14H10BrF2NO3. The highest BCUT2D eigenvalue weighted by atomic mass is 79.9. The SMILES string of the molecule is O=C(Nc1ccc(OC(F)F)cc1)c1ccc(Br)cc1O. The van der Waals surface area contributed by atoms with Crippen molar-refractivity contribution >= 4 is 27.5 Å². The number of carbonyl (C=O) groups excluding carboxylic acids is 1. The van der Waals surface area contributed by atoms with Gasteiger partial charge >= 0.3 is 6.61 Å². The zero-order valence-electron chi connectivity index (χ0n) is 10.5. The molecular weight excluding hydrogens is 348 g/mol. The number of benzene rings is 2. The average Bonchev–Trinajstić information content (AvgIpc) is 2.40. The molecule has 2 N–H and O–H groups in total. The van der Waals surface area contributed by atoms with Gasteiger partial charge in [0.05, 0.1) is 5.56 Å². The molecule has 110 valence electrons. The van der Waals surface area contributed by atoms with Crippen LogP contribution in [0.15, 0.2) is 46.9 Å². The molecule has 0 aliphatic heterocycles. The molecule has 0 fully saturated rings. The van der Waals surface area contributed by atoms with Crippen molar-refractivity contribution in [3.63, 3.8) is 0 Å². The van der Waals surface area contributed by atoms with Crippen LogP contribution in [0.1, 0.15) is 10.4 Å². The molecule has 21 heavy (non-hydrogen) atoms. The summed E-state index contributed by atoms with van der Waals surface area (Å²) in [6, 6.07) is 9.94. The van der Waals surface area contributed by atoms with E-state index >= 15 is 0 Å². The number of phenols is 1. The Kier molecular flexibility index (Phi) is 4.74. The van der Waals surface area contributed by atoms with E-state index in [0.29, 0.717) is 10.2 Å². The number of carbonyl (C=O) groups is 1. The van der Waals surface area contributed by atoms with E-state index in [1.165, 1.54) is 36.4 Å². The molecule has 1 amide bonds. The summed E-state index contributed by atoms with van der Waals surface area (Å²) in [5.41, 5.74) is 0.495. The predicted octanol–water partition coefficient (Wildman–Crippen LogP) is 4.01. The summed E-state index contributed by atoms with van der Waals surface area (Å²) >= 11 is 3.17. The Balaban J connectivity index is 2.08. The molecule has 0 saturated carbocycles. The number of rotatable bonds is 4. The van der Waals surface area contributed by atoms with Crippen molar-refractivity contribution in [1.29, 1.82) is 0 Å². The molecule has 2 aromatic rings. The van der Waals surface area contributed by atoms with Gasteiger partial charge in [0.1, 0.15) is 11.5 Å². The molecule has 0 radical (unpaired) electrons. The lowest BCUT2D eigenvalue weighted by atomic mass is 10.2. The highest BCUT2D eigenvalue weighted by Crippen LogP contribution is 2.24. The number of hydrogen-bond acceptors (Lipinski definition) is 3. The van der Waals surface area contributed by atoms with E-state index in [0.717, 1.165) is 0 Å². The molecule has 7 heteroatoms. The van der Waals surface area contributed by atoms with Crippen LogP contribution in [0.2, 0.25) is 0 Å². The quantitative estimate of drug-likeness (QED) is 0.868. The molecule has 2 aromatic carbocycles. The van der Waals surface area contributed by atoms with Crippen LogP contribution in [-0.2, 0) is 0 Å². The van der Waals surface area contributed by atoms with Gasteiger partial charge in [0.25, 0.3) is 5.91 Å². The summed E-state index contributed by atoms with van der Waals surface area (Å²) in [6.07, 6.45) is 0. The molecule has 0 spiro atoms. The molecule has 0 unspecified atom stereocenters. The maximum atomic E-state index is 12.0. The number of phenolic OH excluding ortho intramolecular Hbond substituents is 1. The second-order valence-electron chi connectivity index (χ2n) is 4.02. The molecule has 4 nitrogen and oxygen atoms in total. The first-order valence-electron chi connectivity index (χ1n) is 5.80. The second-order valence-corrected chi connectivity index (χ2v) is 4.93. The molecule has 0 heterocycles. The molecule has 0 bridgehead atoms. The van der Waals surface area contributed by atoms with Gasteiger partial charge in [-0.05, 0) is 42.5 Å². The van der Waals surface area contributed by atoms with Crippen LogP contribution < -0.4 is 10.1 Å². The first kappa shape index (κ1) is 15.2. The number of ether oxygens (including phenoxy) is 1. The summed E-state index contributed by atoms with van der Waals surface area (Å²) in [7, 11) is 0. The van der Waals surface area contributed by atoms with Gasteiger partial charge in [-0.15, -0.1) is 0 Å². The van der Waals surface area contributed by atoms with Crippen molar-refractivity contribution in [3.05, 3.63) is 52.5 Å². The van der Waals surface area contributed by atoms with E-state index in [1.54, 1.807) is 6.07 Å². The van der Waals surface area contributed by atoms with Crippen LogP contribution in [0, 0.1) is 0 Å². The van der Waals surface area contributed by atoms with Crippen LogP contribution in [0.4, 0.5) is 14.5 Å². The molecule has 2 rings (SSSR count). The molecule has 0 aliphatic rings. The Morgan fingerprint density at radius 1 is 1.19 bits per heavy atom. The standard InChI is InChI=1S/C14H10BrF2NO3/c15-8-1-6-11(12(19)7-8)13(20)18-9-2-4-10(5-3-9)21-14(16)17/h1-7,14,19H,(H,18,20). The molecule has 0 aliphatic carbocycles. The Labute approximate surface area is 127 Å². The van der Waals surface area contributed by atoms with Crippen LogP contribution >= 0.6 is 15.9 Å².